The summed E-state index contributed by atoms with van der Waals surface area (Å²) in [5.74, 6) is 0. The highest BCUT2D eigenvalue weighted by Crippen LogP contribution is 2.39. The van der Waals surface area contributed by atoms with Crippen LogP contribution in [-0.2, 0) is 22.7 Å². The third kappa shape index (κ3) is 3.25. The van der Waals surface area contributed by atoms with Gasteiger partial charge in [-0.2, -0.15) is 0 Å². The molecule has 23 heavy (non-hydrogen) atoms. The molecule has 0 radical (unpaired) electrons. The lowest BCUT2D eigenvalue weighted by molar-refractivity contribution is -0.390. The summed E-state index contributed by atoms with van der Waals surface area (Å²) in [5.41, 5.74) is 2.26. The van der Waals surface area contributed by atoms with E-state index in [4.69, 9.17) is 0 Å². The van der Waals surface area contributed by atoms with Gasteiger partial charge < -0.3 is 0 Å². The molecule has 3 rings (SSSR count). The van der Waals surface area contributed by atoms with Crippen molar-refractivity contribution in [2.45, 2.75) is 33.9 Å². The van der Waals surface area contributed by atoms with Gasteiger partial charge in [-0.1, -0.05) is 23.9 Å². The zero-order valence-corrected chi connectivity index (χ0v) is 14.1. The molecule has 0 aliphatic heterocycles. The Morgan fingerprint density at radius 1 is 1.13 bits per heavy atom. The molecule has 0 heterocycles. The first-order chi connectivity index (χ1) is 10.9. The maximum atomic E-state index is 11.8. The highest BCUT2D eigenvalue weighted by atomic mass is 32.2. The summed E-state index contributed by atoms with van der Waals surface area (Å²) in [6.45, 7) is 0. The molecule has 0 fully saturated rings. The highest BCUT2D eigenvalue weighted by molar-refractivity contribution is 7.99. The van der Waals surface area contributed by atoms with E-state index in [9.17, 15) is 18.5 Å². The zero-order valence-electron chi connectivity index (χ0n) is 12.5. The number of sulfone groups is 1. The number of hydrogen-bond acceptors (Lipinski definition) is 5. The Morgan fingerprint density at radius 2 is 1.87 bits per heavy atom. The first-order valence-electron chi connectivity index (χ1n) is 7.13. The summed E-state index contributed by atoms with van der Waals surface area (Å²) in [6.07, 6.45) is 4.21. The van der Waals surface area contributed by atoms with Crippen molar-refractivity contribution in [2.24, 2.45) is 0 Å². The Balaban J connectivity index is 2.05. The average molecular weight is 349 g/mol. The molecule has 120 valence electrons. The number of benzene rings is 2. The van der Waals surface area contributed by atoms with Crippen LogP contribution in [0.25, 0.3) is 0 Å². The van der Waals surface area contributed by atoms with Crippen LogP contribution in [0.3, 0.4) is 0 Å². The molecule has 0 aromatic heterocycles. The van der Waals surface area contributed by atoms with E-state index in [1.54, 1.807) is 12.1 Å². The van der Waals surface area contributed by atoms with E-state index in [-0.39, 0.29) is 10.6 Å². The van der Waals surface area contributed by atoms with Crippen LogP contribution < -0.4 is 0 Å². The van der Waals surface area contributed by atoms with Gasteiger partial charge >= 0.3 is 5.69 Å². The van der Waals surface area contributed by atoms with Crippen molar-refractivity contribution >= 4 is 27.3 Å². The highest BCUT2D eigenvalue weighted by Gasteiger charge is 2.26. The van der Waals surface area contributed by atoms with Gasteiger partial charge in [0.2, 0.25) is 0 Å². The maximum absolute atomic E-state index is 11.8. The second-order valence-corrected chi connectivity index (χ2v) is 8.62. The van der Waals surface area contributed by atoms with Crippen LogP contribution in [0.15, 0.2) is 51.1 Å². The fraction of sp³-hybridized carbons (Fsp3) is 0.250. The molecule has 0 N–H and O–H groups in total. The van der Waals surface area contributed by atoms with Crippen LogP contribution in [0.1, 0.15) is 17.5 Å². The van der Waals surface area contributed by atoms with Crippen molar-refractivity contribution in [1.29, 1.82) is 0 Å². The van der Waals surface area contributed by atoms with Gasteiger partial charge in [0, 0.05) is 11.2 Å². The van der Waals surface area contributed by atoms with Crippen molar-refractivity contribution in [3.05, 3.63) is 57.6 Å². The molecule has 7 heteroatoms. The third-order valence-corrected chi connectivity index (χ3v) is 6.01. The number of nitro groups is 1. The number of aryl methyl sites for hydroxylation is 2. The lowest BCUT2D eigenvalue weighted by Crippen LogP contribution is -2.03. The van der Waals surface area contributed by atoms with Crippen LogP contribution in [-0.4, -0.2) is 19.6 Å². The molecule has 0 amide bonds. The fourth-order valence-electron chi connectivity index (χ4n) is 2.80. The van der Waals surface area contributed by atoms with Gasteiger partial charge in [-0.3, -0.25) is 10.1 Å². The summed E-state index contributed by atoms with van der Waals surface area (Å²) in [4.78, 5) is 11.8. The van der Waals surface area contributed by atoms with Crippen LogP contribution >= 0.6 is 11.8 Å². The van der Waals surface area contributed by atoms with Gasteiger partial charge in [-0.25, -0.2) is 8.42 Å². The van der Waals surface area contributed by atoms with Crippen LogP contribution in [0, 0.1) is 10.1 Å². The molecule has 1 aliphatic rings. The summed E-state index contributed by atoms with van der Waals surface area (Å²) in [7, 11) is -3.66. The van der Waals surface area contributed by atoms with Crippen molar-refractivity contribution in [1.82, 2.24) is 0 Å². The number of rotatable bonds is 4. The molecule has 0 atom stereocenters. The molecule has 0 spiro atoms. The first kappa shape index (κ1) is 16.0. The molecule has 5 nitrogen and oxygen atoms in total. The molecule has 0 saturated carbocycles. The van der Waals surface area contributed by atoms with Gasteiger partial charge in [0.25, 0.3) is 0 Å². The molecule has 0 saturated heterocycles. The SMILES string of the molecule is CS(=O)(=O)c1cccc(Sc2ccc3c(c2)CCC3)c1[N+](=O)[O-]. The van der Waals surface area contributed by atoms with E-state index in [0.29, 0.717) is 4.90 Å². The van der Waals surface area contributed by atoms with E-state index in [0.717, 1.165) is 30.4 Å². The van der Waals surface area contributed by atoms with Crippen molar-refractivity contribution < 1.29 is 13.3 Å². The Kier molecular flexibility index (Phi) is 4.16. The number of nitrogens with zero attached hydrogens (tertiary/aromatic N) is 1. The predicted octanol–water partition coefficient (Wildman–Crippen LogP) is 3.64. The molecular weight excluding hydrogens is 334 g/mol. The van der Waals surface area contributed by atoms with Gasteiger partial charge in [-0.15, -0.1) is 0 Å². The van der Waals surface area contributed by atoms with E-state index in [2.05, 4.69) is 6.07 Å². The average Bonchev–Trinajstić information content (AvgIpc) is 2.93. The van der Waals surface area contributed by atoms with E-state index in [1.165, 1.54) is 29.0 Å². The van der Waals surface area contributed by atoms with Gasteiger partial charge in [0.15, 0.2) is 9.84 Å². The minimum absolute atomic E-state index is 0.242. The lowest BCUT2D eigenvalue weighted by Gasteiger charge is -2.08. The van der Waals surface area contributed by atoms with Crippen molar-refractivity contribution in [2.75, 3.05) is 6.26 Å². The number of para-hydroxylation sites is 1. The molecular formula is C16H15NO4S2. The van der Waals surface area contributed by atoms with Crippen LogP contribution in [0.4, 0.5) is 5.69 Å². The van der Waals surface area contributed by atoms with Crippen molar-refractivity contribution in [3.8, 4) is 0 Å². The smallest absolute Gasteiger partial charge is 0.258 e. The topological polar surface area (TPSA) is 77.3 Å². The minimum atomic E-state index is -3.66. The van der Waals surface area contributed by atoms with Gasteiger partial charge in [-0.05, 0) is 54.7 Å². The standard InChI is InChI=1S/C16H15NO4S2/c1-23(20,21)15-7-3-6-14(16(15)17(18)19)22-13-9-8-11-4-2-5-12(11)10-13/h3,6-10H,2,4-5H2,1H3. The van der Waals surface area contributed by atoms with Crippen molar-refractivity contribution in [3.63, 3.8) is 0 Å². The monoisotopic (exact) mass is 349 g/mol. The minimum Gasteiger partial charge on any atom is -0.258 e. The van der Waals surface area contributed by atoms with E-state index in [1.807, 2.05) is 12.1 Å². The van der Waals surface area contributed by atoms with Gasteiger partial charge in [0.1, 0.15) is 4.90 Å². The number of nitro benzene ring substituents is 1. The Labute approximate surface area is 138 Å². The molecule has 2 aromatic carbocycles. The summed E-state index contributed by atoms with van der Waals surface area (Å²) < 4.78 is 23.6. The molecule has 0 unspecified atom stereocenters. The number of hydrogen-bond donors (Lipinski definition) is 0. The fourth-order valence-corrected chi connectivity index (χ4v) is 4.75. The molecule has 2 aromatic rings. The summed E-state index contributed by atoms with van der Waals surface area (Å²) in [5, 5.41) is 11.4. The largest absolute Gasteiger partial charge is 0.301 e. The van der Waals surface area contributed by atoms with Crippen LogP contribution in [0.2, 0.25) is 0 Å². The zero-order chi connectivity index (χ0) is 16.6. The normalized spacial score (nSPS) is 13.8. The van der Waals surface area contributed by atoms with Gasteiger partial charge in [0.05, 0.1) is 9.82 Å². The third-order valence-electron chi connectivity index (χ3n) is 3.84. The predicted molar refractivity (Wildman–Crippen MR) is 88.8 cm³/mol. The number of fused-ring (bicyclic) bond motifs is 1. The second-order valence-electron chi connectivity index (χ2n) is 5.52. The Hall–Kier alpha value is -1.86. The first-order valence-corrected chi connectivity index (χ1v) is 9.84. The molecule has 1 aliphatic carbocycles. The van der Waals surface area contributed by atoms with Crippen LogP contribution in [0.5, 0.6) is 0 Å². The van der Waals surface area contributed by atoms with E-state index < -0.39 is 14.8 Å². The molecule has 0 bridgehead atoms. The Morgan fingerprint density at radius 3 is 2.57 bits per heavy atom. The maximum Gasteiger partial charge on any atom is 0.301 e. The quantitative estimate of drug-likeness (QED) is 0.622. The Bertz CT molecular complexity index is 891. The lowest BCUT2D eigenvalue weighted by atomic mass is 10.1. The van der Waals surface area contributed by atoms with E-state index >= 15 is 0 Å². The second kappa shape index (κ2) is 5.98. The summed E-state index contributed by atoms with van der Waals surface area (Å²) in [6, 6.07) is 10.4. The summed E-state index contributed by atoms with van der Waals surface area (Å²) >= 11 is 1.23.